The van der Waals surface area contributed by atoms with E-state index in [1.54, 1.807) is 0 Å². The van der Waals surface area contributed by atoms with Crippen molar-refractivity contribution in [3.63, 3.8) is 0 Å². The zero-order valence-corrected chi connectivity index (χ0v) is 12.6. The van der Waals surface area contributed by atoms with E-state index in [1.807, 2.05) is 0 Å². The summed E-state index contributed by atoms with van der Waals surface area (Å²) in [6, 6.07) is 0.674. The van der Waals surface area contributed by atoms with Crippen molar-refractivity contribution >= 4 is 0 Å². The fourth-order valence-electron chi connectivity index (χ4n) is 2.24. The summed E-state index contributed by atoms with van der Waals surface area (Å²) < 4.78 is 5.77. The molecule has 2 atom stereocenters. The highest BCUT2D eigenvalue weighted by molar-refractivity contribution is 4.73. The monoisotopic (exact) mass is 257 g/mol. The Labute approximate surface area is 113 Å². The number of morpholine rings is 1. The lowest BCUT2D eigenvalue weighted by molar-refractivity contribution is -0.0253. The number of rotatable bonds is 8. The molecule has 4 nitrogen and oxygen atoms in total. The predicted octanol–water partition coefficient (Wildman–Crippen LogP) is 1.03. The molecule has 2 unspecified atom stereocenters. The van der Waals surface area contributed by atoms with Crippen LogP contribution < -0.4 is 5.32 Å². The molecule has 0 aromatic rings. The molecule has 1 rings (SSSR count). The van der Waals surface area contributed by atoms with Crippen LogP contribution in [0, 0.1) is 0 Å². The van der Waals surface area contributed by atoms with Gasteiger partial charge in [0.25, 0.3) is 0 Å². The maximum Gasteiger partial charge on any atom is 0.0826 e. The zero-order valence-electron chi connectivity index (χ0n) is 12.6. The molecular formula is C14H31N3O. The Morgan fingerprint density at radius 3 is 2.89 bits per heavy atom. The van der Waals surface area contributed by atoms with Crippen molar-refractivity contribution in [3.05, 3.63) is 0 Å². The fraction of sp³-hybridized carbons (Fsp3) is 1.00. The summed E-state index contributed by atoms with van der Waals surface area (Å²) >= 11 is 0. The largest absolute Gasteiger partial charge is 0.374 e. The first-order chi connectivity index (χ1) is 8.67. The highest BCUT2D eigenvalue weighted by atomic mass is 16.5. The molecular weight excluding hydrogens is 226 g/mol. The van der Waals surface area contributed by atoms with Crippen LogP contribution in [0.25, 0.3) is 0 Å². The zero-order chi connectivity index (χ0) is 13.4. The number of nitrogens with zero attached hydrogens (tertiary/aromatic N) is 2. The standard InChI is InChI=1S/C14H31N3O/c1-5-13(3)16(4)8-7-15-11-14-12-17(6-2)9-10-18-14/h13-15H,5-12H2,1-4H3. The second-order valence-electron chi connectivity index (χ2n) is 5.33. The topological polar surface area (TPSA) is 27.7 Å². The number of likely N-dealkylation sites (N-methyl/N-ethyl adjacent to an activating group) is 2. The molecule has 0 aromatic carbocycles. The van der Waals surface area contributed by atoms with Gasteiger partial charge in [-0.25, -0.2) is 0 Å². The second kappa shape index (κ2) is 8.86. The third kappa shape index (κ3) is 5.65. The molecule has 0 radical (unpaired) electrons. The molecule has 1 fully saturated rings. The first-order valence-electron chi connectivity index (χ1n) is 7.42. The Bertz CT molecular complexity index is 213. The number of hydrogen-bond acceptors (Lipinski definition) is 4. The van der Waals surface area contributed by atoms with Gasteiger partial charge < -0.3 is 15.0 Å². The van der Waals surface area contributed by atoms with Gasteiger partial charge in [-0.2, -0.15) is 0 Å². The van der Waals surface area contributed by atoms with Crippen LogP contribution in [0.4, 0.5) is 0 Å². The van der Waals surface area contributed by atoms with Gasteiger partial charge in [0.15, 0.2) is 0 Å². The van der Waals surface area contributed by atoms with E-state index in [0.717, 1.165) is 45.9 Å². The van der Waals surface area contributed by atoms with E-state index in [-0.39, 0.29) is 0 Å². The molecule has 1 aliphatic rings. The Morgan fingerprint density at radius 1 is 1.44 bits per heavy atom. The lowest BCUT2D eigenvalue weighted by atomic mass is 10.2. The Morgan fingerprint density at radius 2 is 2.22 bits per heavy atom. The van der Waals surface area contributed by atoms with Crippen molar-refractivity contribution in [2.45, 2.75) is 39.3 Å². The third-order valence-electron chi connectivity index (χ3n) is 4.03. The number of ether oxygens (including phenoxy) is 1. The van der Waals surface area contributed by atoms with Crippen LogP contribution in [0.2, 0.25) is 0 Å². The van der Waals surface area contributed by atoms with Crippen LogP contribution in [0.15, 0.2) is 0 Å². The van der Waals surface area contributed by atoms with E-state index in [1.165, 1.54) is 6.42 Å². The van der Waals surface area contributed by atoms with Gasteiger partial charge in [-0.05, 0) is 26.9 Å². The van der Waals surface area contributed by atoms with E-state index in [2.05, 4.69) is 42.9 Å². The van der Waals surface area contributed by atoms with Crippen molar-refractivity contribution in [1.29, 1.82) is 0 Å². The maximum atomic E-state index is 5.77. The van der Waals surface area contributed by atoms with Gasteiger partial charge >= 0.3 is 0 Å². The molecule has 1 saturated heterocycles. The molecule has 0 amide bonds. The van der Waals surface area contributed by atoms with Gasteiger partial charge in [0.1, 0.15) is 0 Å². The average Bonchev–Trinajstić information content (AvgIpc) is 2.42. The normalized spacial score (nSPS) is 23.5. The minimum Gasteiger partial charge on any atom is -0.374 e. The van der Waals surface area contributed by atoms with E-state index in [4.69, 9.17) is 4.74 Å². The quantitative estimate of drug-likeness (QED) is 0.657. The van der Waals surface area contributed by atoms with Crippen LogP contribution in [0.3, 0.4) is 0 Å². The van der Waals surface area contributed by atoms with E-state index >= 15 is 0 Å². The number of nitrogens with one attached hydrogen (secondary N) is 1. The highest BCUT2D eigenvalue weighted by Gasteiger charge is 2.18. The van der Waals surface area contributed by atoms with Crippen LogP contribution in [-0.4, -0.2) is 74.9 Å². The van der Waals surface area contributed by atoms with Gasteiger partial charge in [0, 0.05) is 38.8 Å². The second-order valence-corrected chi connectivity index (χ2v) is 5.33. The third-order valence-corrected chi connectivity index (χ3v) is 4.03. The summed E-state index contributed by atoms with van der Waals surface area (Å²) in [7, 11) is 2.20. The molecule has 1 heterocycles. The van der Waals surface area contributed by atoms with E-state index in [0.29, 0.717) is 12.1 Å². The lowest BCUT2D eigenvalue weighted by Crippen LogP contribution is -2.47. The molecule has 0 saturated carbocycles. The Balaban J connectivity index is 2.07. The summed E-state index contributed by atoms with van der Waals surface area (Å²) in [5.41, 5.74) is 0. The van der Waals surface area contributed by atoms with Crippen molar-refractivity contribution in [2.24, 2.45) is 0 Å². The van der Waals surface area contributed by atoms with Crippen molar-refractivity contribution in [2.75, 3.05) is 52.9 Å². The van der Waals surface area contributed by atoms with Crippen LogP contribution in [0.1, 0.15) is 27.2 Å². The Hall–Kier alpha value is -0.160. The smallest absolute Gasteiger partial charge is 0.0826 e. The molecule has 1 N–H and O–H groups in total. The summed E-state index contributed by atoms with van der Waals surface area (Å²) in [6.07, 6.45) is 1.58. The molecule has 0 spiro atoms. The maximum absolute atomic E-state index is 5.77. The van der Waals surface area contributed by atoms with Gasteiger partial charge in [-0.15, -0.1) is 0 Å². The predicted molar refractivity (Wildman–Crippen MR) is 77.1 cm³/mol. The van der Waals surface area contributed by atoms with Crippen molar-refractivity contribution in [3.8, 4) is 0 Å². The highest BCUT2D eigenvalue weighted by Crippen LogP contribution is 2.03. The van der Waals surface area contributed by atoms with Crippen molar-refractivity contribution < 1.29 is 4.74 Å². The van der Waals surface area contributed by atoms with Crippen LogP contribution in [-0.2, 0) is 4.74 Å². The van der Waals surface area contributed by atoms with Crippen molar-refractivity contribution in [1.82, 2.24) is 15.1 Å². The summed E-state index contributed by atoms with van der Waals surface area (Å²) in [4.78, 5) is 4.87. The molecule has 0 aliphatic carbocycles. The fourth-order valence-corrected chi connectivity index (χ4v) is 2.24. The summed E-state index contributed by atoms with van der Waals surface area (Å²) in [5.74, 6) is 0. The van der Waals surface area contributed by atoms with Gasteiger partial charge in [0.05, 0.1) is 12.7 Å². The van der Waals surface area contributed by atoms with Crippen LogP contribution >= 0.6 is 0 Å². The molecule has 108 valence electrons. The van der Waals surface area contributed by atoms with Gasteiger partial charge in [-0.1, -0.05) is 13.8 Å². The van der Waals surface area contributed by atoms with Gasteiger partial charge in [0.2, 0.25) is 0 Å². The SMILES string of the molecule is CCC(C)N(C)CCNCC1CN(CC)CCO1. The molecule has 0 bridgehead atoms. The minimum atomic E-state index is 0.368. The Kier molecular flexibility index (Phi) is 7.82. The first-order valence-corrected chi connectivity index (χ1v) is 7.42. The average molecular weight is 257 g/mol. The first kappa shape index (κ1) is 15.9. The molecule has 4 heteroatoms. The summed E-state index contributed by atoms with van der Waals surface area (Å²) in [6.45, 7) is 14.1. The molecule has 1 aliphatic heterocycles. The number of hydrogen-bond donors (Lipinski definition) is 1. The minimum absolute atomic E-state index is 0.368. The lowest BCUT2D eigenvalue weighted by Gasteiger charge is -2.32. The van der Waals surface area contributed by atoms with E-state index < -0.39 is 0 Å². The van der Waals surface area contributed by atoms with Crippen LogP contribution in [0.5, 0.6) is 0 Å². The molecule has 0 aromatic heterocycles. The van der Waals surface area contributed by atoms with Gasteiger partial charge in [-0.3, -0.25) is 4.90 Å². The summed E-state index contributed by atoms with van der Waals surface area (Å²) in [5, 5.41) is 3.52. The molecule has 18 heavy (non-hydrogen) atoms. The van der Waals surface area contributed by atoms with E-state index in [9.17, 15) is 0 Å².